The Hall–Kier alpha value is -1.57. The monoisotopic (exact) mass is 370 g/mol. The van der Waals surface area contributed by atoms with E-state index in [1.807, 2.05) is 24.3 Å². The van der Waals surface area contributed by atoms with Crippen LogP contribution in [0.3, 0.4) is 0 Å². The third-order valence-corrected chi connectivity index (χ3v) is 5.08. The number of ether oxygens (including phenoxy) is 1. The summed E-state index contributed by atoms with van der Waals surface area (Å²) in [5.41, 5.74) is 6.85. The van der Waals surface area contributed by atoms with Crippen molar-refractivity contribution in [3.05, 3.63) is 52.5 Å². The molecule has 0 heterocycles. The molecule has 0 spiro atoms. The molecule has 0 aliphatic carbocycles. The molecule has 0 saturated heterocycles. The fourth-order valence-corrected chi connectivity index (χ4v) is 3.43. The van der Waals surface area contributed by atoms with Crippen molar-refractivity contribution in [1.29, 1.82) is 0 Å². The predicted molar refractivity (Wildman–Crippen MR) is 85.6 cm³/mol. The molecule has 0 amide bonds. The summed E-state index contributed by atoms with van der Waals surface area (Å²) in [6, 6.07) is 11.9. The van der Waals surface area contributed by atoms with Crippen LogP contribution in [0.4, 0.5) is 5.69 Å². The molecule has 0 radical (unpaired) electrons. The van der Waals surface area contributed by atoms with Gasteiger partial charge >= 0.3 is 0 Å². The van der Waals surface area contributed by atoms with E-state index in [1.165, 1.54) is 19.2 Å². The summed E-state index contributed by atoms with van der Waals surface area (Å²) in [5.74, 6) is 0.254. The van der Waals surface area contributed by atoms with E-state index in [4.69, 9.17) is 10.5 Å². The summed E-state index contributed by atoms with van der Waals surface area (Å²) in [7, 11) is -2.30. The molecule has 2 aromatic rings. The van der Waals surface area contributed by atoms with E-state index in [0.29, 0.717) is 5.69 Å². The second-order valence-electron chi connectivity index (χ2n) is 4.33. The number of nitrogens with one attached hydrogen (secondary N) is 1. The quantitative estimate of drug-likeness (QED) is 0.792. The number of nitrogen functional groups attached to an aromatic ring is 1. The van der Waals surface area contributed by atoms with Gasteiger partial charge in [0.2, 0.25) is 10.0 Å². The van der Waals surface area contributed by atoms with E-state index in [2.05, 4.69) is 20.7 Å². The predicted octanol–water partition coefficient (Wildman–Crippen LogP) is 2.52. The molecule has 5 nitrogen and oxygen atoms in total. The molecular weight excluding hydrogens is 356 g/mol. The number of methoxy groups -OCH3 is 1. The molecule has 0 fully saturated rings. The maximum atomic E-state index is 12.4. The minimum atomic E-state index is -3.72. The molecule has 2 aromatic carbocycles. The van der Waals surface area contributed by atoms with Gasteiger partial charge in [0.15, 0.2) is 0 Å². The molecule has 0 saturated carbocycles. The lowest BCUT2D eigenvalue weighted by atomic mass is 10.2. The minimum Gasteiger partial charge on any atom is -0.495 e. The SMILES string of the molecule is COc1ccc(N)cc1S(=O)(=O)NCc1ccccc1Br. The average Bonchev–Trinajstić information content (AvgIpc) is 2.46. The van der Waals surface area contributed by atoms with Crippen LogP contribution in [0.15, 0.2) is 51.8 Å². The van der Waals surface area contributed by atoms with Gasteiger partial charge in [-0.2, -0.15) is 0 Å². The molecule has 2 rings (SSSR count). The average molecular weight is 371 g/mol. The van der Waals surface area contributed by atoms with Gasteiger partial charge in [-0.15, -0.1) is 0 Å². The fourth-order valence-electron chi connectivity index (χ4n) is 1.80. The van der Waals surface area contributed by atoms with Crippen molar-refractivity contribution in [2.75, 3.05) is 12.8 Å². The van der Waals surface area contributed by atoms with E-state index in [-0.39, 0.29) is 17.2 Å². The van der Waals surface area contributed by atoms with Crippen LogP contribution in [0.5, 0.6) is 5.75 Å². The topological polar surface area (TPSA) is 81.4 Å². The smallest absolute Gasteiger partial charge is 0.244 e. The Bertz CT molecular complexity index is 748. The number of sulfonamides is 1. The van der Waals surface area contributed by atoms with E-state index in [1.54, 1.807) is 6.07 Å². The molecule has 0 aliphatic rings. The van der Waals surface area contributed by atoms with Crippen LogP contribution in [0.2, 0.25) is 0 Å². The van der Waals surface area contributed by atoms with Crippen LogP contribution in [0.1, 0.15) is 5.56 Å². The molecule has 0 aromatic heterocycles. The Labute approximate surface area is 132 Å². The number of nitrogens with two attached hydrogens (primary N) is 1. The summed E-state index contributed by atoms with van der Waals surface area (Å²) in [6.45, 7) is 0.168. The van der Waals surface area contributed by atoms with Gasteiger partial charge in [0, 0.05) is 16.7 Å². The molecule has 0 aliphatic heterocycles. The molecule has 3 N–H and O–H groups in total. The molecule has 0 atom stereocenters. The van der Waals surface area contributed by atoms with Crippen molar-refractivity contribution < 1.29 is 13.2 Å². The minimum absolute atomic E-state index is 0.0250. The Morgan fingerprint density at radius 1 is 1.24 bits per heavy atom. The number of hydrogen-bond acceptors (Lipinski definition) is 4. The highest BCUT2D eigenvalue weighted by Gasteiger charge is 2.19. The molecule has 112 valence electrons. The van der Waals surface area contributed by atoms with Gasteiger partial charge in [-0.25, -0.2) is 13.1 Å². The lowest BCUT2D eigenvalue weighted by Gasteiger charge is -2.12. The first-order chi connectivity index (χ1) is 9.94. The van der Waals surface area contributed by atoms with E-state index < -0.39 is 10.0 Å². The third kappa shape index (κ3) is 3.75. The Balaban J connectivity index is 2.27. The zero-order chi connectivity index (χ0) is 15.5. The summed E-state index contributed by atoms with van der Waals surface area (Å²) in [5, 5.41) is 0. The first-order valence-electron chi connectivity index (χ1n) is 6.10. The van der Waals surface area contributed by atoms with Gasteiger partial charge in [-0.3, -0.25) is 0 Å². The number of hydrogen-bond donors (Lipinski definition) is 2. The zero-order valence-corrected chi connectivity index (χ0v) is 13.7. The number of anilines is 1. The van der Waals surface area contributed by atoms with Crippen molar-refractivity contribution in [2.24, 2.45) is 0 Å². The molecule has 0 unspecified atom stereocenters. The van der Waals surface area contributed by atoms with Crippen LogP contribution >= 0.6 is 15.9 Å². The highest BCUT2D eigenvalue weighted by atomic mass is 79.9. The second-order valence-corrected chi connectivity index (χ2v) is 6.92. The standard InChI is InChI=1S/C14H15BrN2O3S/c1-20-13-7-6-11(16)8-14(13)21(18,19)17-9-10-4-2-3-5-12(10)15/h2-8,17H,9,16H2,1H3. The van der Waals surface area contributed by atoms with Crippen LogP contribution in [-0.2, 0) is 16.6 Å². The van der Waals surface area contributed by atoms with Crippen molar-refractivity contribution in [3.8, 4) is 5.75 Å². The van der Waals surface area contributed by atoms with Crippen molar-refractivity contribution in [2.45, 2.75) is 11.4 Å². The van der Waals surface area contributed by atoms with E-state index in [9.17, 15) is 8.42 Å². The fraction of sp³-hybridized carbons (Fsp3) is 0.143. The van der Waals surface area contributed by atoms with Gasteiger partial charge in [0.1, 0.15) is 10.6 Å². The van der Waals surface area contributed by atoms with Crippen LogP contribution < -0.4 is 15.2 Å². The normalized spacial score (nSPS) is 11.3. The highest BCUT2D eigenvalue weighted by molar-refractivity contribution is 9.10. The van der Waals surface area contributed by atoms with Crippen molar-refractivity contribution in [3.63, 3.8) is 0 Å². The molecule has 7 heteroatoms. The first-order valence-corrected chi connectivity index (χ1v) is 8.38. The largest absolute Gasteiger partial charge is 0.495 e. The van der Waals surface area contributed by atoms with Crippen LogP contribution in [0.25, 0.3) is 0 Å². The first kappa shape index (κ1) is 15.8. The summed E-state index contributed by atoms with van der Waals surface area (Å²) in [6.07, 6.45) is 0. The number of benzene rings is 2. The number of halogens is 1. The van der Waals surface area contributed by atoms with Gasteiger partial charge < -0.3 is 10.5 Å². The lowest BCUT2D eigenvalue weighted by Crippen LogP contribution is -2.24. The van der Waals surface area contributed by atoms with E-state index >= 15 is 0 Å². The summed E-state index contributed by atoms with van der Waals surface area (Å²) in [4.78, 5) is 0.0250. The maximum absolute atomic E-state index is 12.4. The third-order valence-electron chi connectivity index (χ3n) is 2.89. The molecular formula is C14H15BrN2O3S. The Kier molecular flexibility index (Phi) is 4.87. The number of rotatable bonds is 5. The summed E-state index contributed by atoms with van der Waals surface area (Å²) >= 11 is 3.38. The van der Waals surface area contributed by atoms with Gasteiger partial charge in [-0.05, 0) is 29.8 Å². The van der Waals surface area contributed by atoms with Crippen molar-refractivity contribution in [1.82, 2.24) is 4.72 Å². The van der Waals surface area contributed by atoms with Crippen LogP contribution in [-0.4, -0.2) is 15.5 Å². The van der Waals surface area contributed by atoms with E-state index in [0.717, 1.165) is 10.0 Å². The van der Waals surface area contributed by atoms with Crippen LogP contribution in [0, 0.1) is 0 Å². The Morgan fingerprint density at radius 3 is 2.62 bits per heavy atom. The molecule has 21 heavy (non-hydrogen) atoms. The second kappa shape index (κ2) is 6.46. The van der Waals surface area contributed by atoms with Gasteiger partial charge in [-0.1, -0.05) is 34.1 Å². The lowest BCUT2D eigenvalue weighted by molar-refractivity contribution is 0.402. The maximum Gasteiger partial charge on any atom is 0.244 e. The molecule has 0 bridgehead atoms. The van der Waals surface area contributed by atoms with Gasteiger partial charge in [0.05, 0.1) is 7.11 Å². The summed E-state index contributed by atoms with van der Waals surface area (Å²) < 4.78 is 33.2. The van der Waals surface area contributed by atoms with Gasteiger partial charge in [0.25, 0.3) is 0 Å². The Morgan fingerprint density at radius 2 is 1.95 bits per heavy atom. The van der Waals surface area contributed by atoms with Crippen molar-refractivity contribution >= 4 is 31.6 Å². The zero-order valence-electron chi connectivity index (χ0n) is 11.3. The highest BCUT2D eigenvalue weighted by Crippen LogP contribution is 2.26.